The van der Waals surface area contributed by atoms with Crippen molar-refractivity contribution < 1.29 is 4.79 Å². The quantitative estimate of drug-likeness (QED) is 0.904. The van der Waals surface area contributed by atoms with Crippen LogP contribution in [0.2, 0.25) is 5.02 Å². The van der Waals surface area contributed by atoms with Crippen molar-refractivity contribution in [2.75, 3.05) is 11.1 Å². The van der Waals surface area contributed by atoms with Crippen LogP contribution in [-0.2, 0) is 10.5 Å². The summed E-state index contributed by atoms with van der Waals surface area (Å²) >= 11 is 7.49. The maximum atomic E-state index is 11.8. The van der Waals surface area contributed by atoms with Crippen molar-refractivity contribution >= 4 is 35.0 Å². The molecule has 0 atom stereocenters. The fourth-order valence-corrected chi connectivity index (χ4v) is 2.66. The van der Waals surface area contributed by atoms with Crippen molar-refractivity contribution in [2.45, 2.75) is 5.75 Å². The molecule has 21 heavy (non-hydrogen) atoms. The molecule has 0 saturated heterocycles. The topological polar surface area (TPSA) is 52.9 Å². The Morgan fingerprint density at radius 2 is 1.90 bits per heavy atom. The van der Waals surface area contributed by atoms with Gasteiger partial charge in [0.15, 0.2) is 0 Å². The molecule has 0 aromatic heterocycles. The molecule has 0 unspecified atom stereocenters. The number of nitriles is 1. The summed E-state index contributed by atoms with van der Waals surface area (Å²) in [5.74, 6) is 0.995. The Morgan fingerprint density at radius 3 is 2.57 bits per heavy atom. The molecule has 1 N–H and O–H groups in total. The van der Waals surface area contributed by atoms with Crippen molar-refractivity contribution in [1.82, 2.24) is 0 Å². The summed E-state index contributed by atoms with van der Waals surface area (Å²) in [6.45, 7) is 0. The lowest BCUT2D eigenvalue weighted by Crippen LogP contribution is -2.14. The van der Waals surface area contributed by atoms with Crippen LogP contribution in [0.1, 0.15) is 11.1 Å². The number of nitrogens with one attached hydrogen (secondary N) is 1. The Kier molecular flexibility index (Phi) is 5.68. The van der Waals surface area contributed by atoms with Crippen LogP contribution in [0.3, 0.4) is 0 Å². The van der Waals surface area contributed by atoms with E-state index in [1.807, 2.05) is 24.3 Å². The number of rotatable bonds is 5. The molecule has 2 rings (SSSR count). The number of hydrogen-bond donors (Lipinski definition) is 1. The number of benzene rings is 2. The molecular weight excluding hydrogens is 304 g/mol. The van der Waals surface area contributed by atoms with E-state index in [1.54, 1.807) is 24.3 Å². The second-order valence-electron chi connectivity index (χ2n) is 4.33. The van der Waals surface area contributed by atoms with Crippen LogP contribution in [0.25, 0.3) is 0 Å². The first-order valence-corrected chi connectivity index (χ1v) is 7.83. The molecular formula is C16H13ClN2OS. The van der Waals surface area contributed by atoms with Gasteiger partial charge in [-0.15, -0.1) is 11.8 Å². The molecule has 0 radical (unpaired) electrons. The van der Waals surface area contributed by atoms with Gasteiger partial charge in [-0.05, 0) is 29.8 Å². The van der Waals surface area contributed by atoms with E-state index in [1.165, 1.54) is 11.8 Å². The number of halogens is 1. The molecule has 1 amide bonds. The molecule has 0 aliphatic carbocycles. The minimum Gasteiger partial charge on any atom is -0.324 e. The number of thioether (sulfide) groups is 1. The van der Waals surface area contributed by atoms with Gasteiger partial charge in [0.2, 0.25) is 5.91 Å². The number of carbonyl (C=O) groups excluding carboxylic acids is 1. The monoisotopic (exact) mass is 316 g/mol. The maximum absolute atomic E-state index is 11.8. The zero-order valence-electron chi connectivity index (χ0n) is 11.2. The normalized spacial score (nSPS) is 9.90. The predicted octanol–water partition coefficient (Wildman–Crippen LogP) is 4.08. The number of carbonyl (C=O) groups is 1. The second kappa shape index (κ2) is 7.72. The van der Waals surface area contributed by atoms with Crippen molar-refractivity contribution in [3.63, 3.8) is 0 Å². The van der Waals surface area contributed by atoms with Gasteiger partial charge in [-0.1, -0.05) is 35.9 Å². The Balaban J connectivity index is 1.79. The number of anilines is 1. The molecule has 5 heteroatoms. The molecule has 0 spiro atoms. The van der Waals surface area contributed by atoms with E-state index in [9.17, 15) is 4.79 Å². The van der Waals surface area contributed by atoms with Crippen molar-refractivity contribution in [2.24, 2.45) is 0 Å². The zero-order chi connectivity index (χ0) is 15.1. The van der Waals surface area contributed by atoms with Crippen LogP contribution >= 0.6 is 23.4 Å². The van der Waals surface area contributed by atoms with E-state index in [0.29, 0.717) is 22.0 Å². The molecule has 0 aliphatic rings. The third kappa shape index (κ3) is 4.82. The lowest BCUT2D eigenvalue weighted by atomic mass is 10.2. The summed E-state index contributed by atoms with van der Waals surface area (Å²) in [4.78, 5) is 11.8. The van der Waals surface area contributed by atoms with Crippen molar-refractivity contribution in [3.8, 4) is 6.07 Å². The van der Waals surface area contributed by atoms with E-state index in [2.05, 4.69) is 11.4 Å². The Labute approximate surface area is 132 Å². The van der Waals surface area contributed by atoms with E-state index in [-0.39, 0.29) is 5.91 Å². The summed E-state index contributed by atoms with van der Waals surface area (Å²) in [6.07, 6.45) is 0. The highest BCUT2D eigenvalue weighted by atomic mass is 35.5. The first-order chi connectivity index (χ1) is 10.2. The minimum atomic E-state index is -0.0817. The summed E-state index contributed by atoms with van der Waals surface area (Å²) < 4.78 is 0. The van der Waals surface area contributed by atoms with Crippen molar-refractivity contribution in [3.05, 3.63) is 64.7 Å². The molecule has 3 nitrogen and oxygen atoms in total. The number of nitrogens with zero attached hydrogens (tertiary/aromatic N) is 1. The molecule has 106 valence electrons. The summed E-state index contributed by atoms with van der Waals surface area (Å²) in [5.41, 5.74) is 2.35. The summed E-state index contributed by atoms with van der Waals surface area (Å²) in [5, 5.41) is 12.0. The molecule has 0 saturated carbocycles. The molecule has 0 aliphatic heterocycles. The lowest BCUT2D eigenvalue weighted by Gasteiger charge is -2.06. The van der Waals surface area contributed by atoms with Crippen LogP contribution in [0.5, 0.6) is 0 Å². The van der Waals surface area contributed by atoms with Crippen LogP contribution in [0.4, 0.5) is 5.69 Å². The van der Waals surface area contributed by atoms with Gasteiger partial charge in [-0.2, -0.15) is 5.26 Å². The fraction of sp³-hybridized carbons (Fsp3) is 0.125. The number of hydrogen-bond acceptors (Lipinski definition) is 3. The first-order valence-electron chi connectivity index (χ1n) is 6.30. The van der Waals surface area contributed by atoms with Gasteiger partial charge in [0.05, 0.1) is 28.1 Å². The number of amides is 1. The molecule has 0 heterocycles. The Morgan fingerprint density at radius 1 is 1.19 bits per heavy atom. The minimum absolute atomic E-state index is 0.0817. The Bertz CT molecular complexity index is 665. The van der Waals surface area contributed by atoms with Crippen LogP contribution < -0.4 is 5.32 Å². The molecule has 0 bridgehead atoms. The van der Waals surface area contributed by atoms with Gasteiger partial charge in [0.25, 0.3) is 0 Å². The SMILES string of the molecule is N#Cc1ccc(CSCC(=O)Nc2ccccc2Cl)cc1. The van der Waals surface area contributed by atoms with Gasteiger partial charge < -0.3 is 5.32 Å². The largest absolute Gasteiger partial charge is 0.324 e. The summed E-state index contributed by atoms with van der Waals surface area (Å²) in [7, 11) is 0. The average molecular weight is 317 g/mol. The van der Waals surface area contributed by atoms with Crippen LogP contribution in [0, 0.1) is 11.3 Å². The highest BCUT2D eigenvalue weighted by molar-refractivity contribution is 7.99. The van der Waals surface area contributed by atoms with E-state index in [0.717, 1.165) is 11.3 Å². The van der Waals surface area contributed by atoms with Crippen molar-refractivity contribution in [1.29, 1.82) is 5.26 Å². The standard InChI is InChI=1S/C16H13ClN2OS/c17-14-3-1-2-4-15(14)19-16(20)11-21-10-13-7-5-12(9-18)6-8-13/h1-8H,10-11H2,(H,19,20). The third-order valence-electron chi connectivity index (χ3n) is 2.73. The Hall–Kier alpha value is -1.96. The predicted molar refractivity (Wildman–Crippen MR) is 87.4 cm³/mol. The second-order valence-corrected chi connectivity index (χ2v) is 5.72. The zero-order valence-corrected chi connectivity index (χ0v) is 12.7. The maximum Gasteiger partial charge on any atom is 0.234 e. The van der Waals surface area contributed by atoms with Crippen LogP contribution in [-0.4, -0.2) is 11.7 Å². The smallest absolute Gasteiger partial charge is 0.234 e. The summed E-state index contributed by atoms with van der Waals surface area (Å²) in [6, 6.07) is 16.6. The van der Waals surface area contributed by atoms with Gasteiger partial charge >= 0.3 is 0 Å². The van der Waals surface area contributed by atoms with Gasteiger partial charge in [0, 0.05) is 5.75 Å². The molecule has 2 aromatic carbocycles. The molecule has 0 fully saturated rings. The highest BCUT2D eigenvalue weighted by Gasteiger charge is 2.05. The fourth-order valence-electron chi connectivity index (χ4n) is 1.69. The van der Waals surface area contributed by atoms with E-state index < -0.39 is 0 Å². The molecule has 2 aromatic rings. The van der Waals surface area contributed by atoms with Gasteiger partial charge in [0.1, 0.15) is 0 Å². The van der Waals surface area contributed by atoms with Gasteiger partial charge in [-0.3, -0.25) is 4.79 Å². The lowest BCUT2D eigenvalue weighted by molar-refractivity contribution is -0.113. The average Bonchev–Trinajstić information content (AvgIpc) is 2.50. The third-order valence-corrected chi connectivity index (χ3v) is 4.07. The first kappa shape index (κ1) is 15.4. The van der Waals surface area contributed by atoms with E-state index in [4.69, 9.17) is 16.9 Å². The van der Waals surface area contributed by atoms with Gasteiger partial charge in [-0.25, -0.2) is 0 Å². The van der Waals surface area contributed by atoms with Crippen LogP contribution in [0.15, 0.2) is 48.5 Å². The highest BCUT2D eigenvalue weighted by Crippen LogP contribution is 2.21. The van der Waals surface area contributed by atoms with E-state index >= 15 is 0 Å². The number of para-hydroxylation sites is 1.